The Morgan fingerprint density at radius 1 is 1.20 bits per heavy atom. The summed E-state index contributed by atoms with van der Waals surface area (Å²) in [5, 5.41) is 0. The number of carbonyl (C=O) groups is 1. The maximum Gasteiger partial charge on any atom is 0.151 e. The van der Waals surface area contributed by atoms with Crippen LogP contribution in [0.25, 0.3) is 0 Å². The predicted molar refractivity (Wildman–Crippen MR) is 61.0 cm³/mol. The monoisotopic (exact) mass is 216 g/mol. The largest absolute Gasteiger partial charge is 0.373 e. The first-order valence-corrected chi connectivity index (χ1v) is 5.47. The van der Waals surface area contributed by atoms with E-state index in [2.05, 4.69) is 0 Å². The van der Waals surface area contributed by atoms with Crippen LogP contribution < -0.4 is 0 Å². The minimum Gasteiger partial charge on any atom is -0.373 e. The third kappa shape index (κ3) is 7.51. The molecule has 0 fully saturated rings. The van der Waals surface area contributed by atoms with Gasteiger partial charge >= 0.3 is 0 Å². The Kier molecular flexibility index (Phi) is 5.46. The van der Waals surface area contributed by atoms with E-state index in [1.54, 1.807) is 13.8 Å². The Bertz CT molecular complexity index is 195. The fourth-order valence-electron chi connectivity index (χ4n) is 1.29. The number of carbonyl (C=O) groups excluding carboxylic acids is 1. The lowest BCUT2D eigenvalue weighted by Gasteiger charge is -2.29. The quantitative estimate of drug-likeness (QED) is 0.614. The molecular weight excluding hydrogens is 192 g/mol. The average molecular weight is 216 g/mol. The van der Waals surface area contributed by atoms with Crippen molar-refractivity contribution in [2.75, 3.05) is 6.61 Å². The first kappa shape index (κ1) is 14.6. The van der Waals surface area contributed by atoms with Crippen LogP contribution in [0.15, 0.2) is 0 Å². The maximum absolute atomic E-state index is 10.6. The summed E-state index contributed by atoms with van der Waals surface area (Å²) < 4.78 is 11.2. The molecule has 3 heteroatoms. The topological polar surface area (TPSA) is 35.5 Å². The van der Waals surface area contributed by atoms with Crippen LogP contribution >= 0.6 is 0 Å². The van der Waals surface area contributed by atoms with Gasteiger partial charge in [0, 0.05) is 0 Å². The summed E-state index contributed by atoms with van der Waals surface area (Å²) in [6.45, 7) is 12.1. The van der Waals surface area contributed by atoms with Gasteiger partial charge in [0.05, 0.1) is 18.3 Å². The number of rotatable bonds is 7. The predicted octanol–water partition coefficient (Wildman–Crippen LogP) is 2.57. The molecule has 0 aliphatic carbocycles. The Labute approximate surface area is 93.1 Å². The minimum absolute atomic E-state index is 0.201. The van der Waals surface area contributed by atoms with Gasteiger partial charge in [-0.15, -0.1) is 0 Å². The van der Waals surface area contributed by atoms with Gasteiger partial charge < -0.3 is 14.3 Å². The fourth-order valence-corrected chi connectivity index (χ4v) is 1.29. The first-order valence-electron chi connectivity index (χ1n) is 5.47. The van der Waals surface area contributed by atoms with E-state index in [0.717, 1.165) is 12.7 Å². The highest BCUT2D eigenvalue weighted by Gasteiger charge is 2.22. The lowest BCUT2D eigenvalue weighted by atomic mass is 10.1. The van der Waals surface area contributed by atoms with Gasteiger partial charge in [-0.25, -0.2) is 0 Å². The molecule has 0 unspecified atom stereocenters. The molecule has 3 nitrogen and oxygen atoms in total. The van der Waals surface area contributed by atoms with Gasteiger partial charge in [0.2, 0.25) is 0 Å². The maximum atomic E-state index is 10.6. The molecule has 0 aromatic carbocycles. The van der Waals surface area contributed by atoms with Crippen molar-refractivity contribution in [1.82, 2.24) is 0 Å². The van der Waals surface area contributed by atoms with Crippen LogP contribution in [0, 0.1) is 0 Å². The molecule has 0 aromatic heterocycles. The van der Waals surface area contributed by atoms with E-state index < -0.39 is 5.60 Å². The van der Waals surface area contributed by atoms with Crippen molar-refractivity contribution >= 4 is 6.29 Å². The minimum atomic E-state index is -0.687. The first-order chi connectivity index (χ1) is 6.68. The summed E-state index contributed by atoms with van der Waals surface area (Å²) in [5.74, 6) is 0. The number of hydrogen-bond acceptors (Lipinski definition) is 3. The summed E-state index contributed by atoms with van der Waals surface area (Å²) >= 11 is 0. The second kappa shape index (κ2) is 5.61. The molecular formula is C12H24O3. The summed E-state index contributed by atoms with van der Waals surface area (Å²) in [5.41, 5.74) is -0.888. The van der Waals surface area contributed by atoms with E-state index in [4.69, 9.17) is 9.47 Å². The Hall–Kier alpha value is -0.410. The van der Waals surface area contributed by atoms with Gasteiger partial charge in [0.25, 0.3) is 0 Å². The van der Waals surface area contributed by atoms with Crippen molar-refractivity contribution in [3.8, 4) is 0 Å². The second-order valence-electron chi connectivity index (χ2n) is 5.25. The van der Waals surface area contributed by atoms with Crippen LogP contribution in [0.4, 0.5) is 0 Å². The molecule has 0 spiro atoms. The molecule has 0 amide bonds. The highest BCUT2D eigenvalue weighted by Crippen LogP contribution is 2.18. The molecule has 0 saturated carbocycles. The third-order valence-electron chi connectivity index (χ3n) is 2.02. The van der Waals surface area contributed by atoms with Gasteiger partial charge in [-0.1, -0.05) is 0 Å². The van der Waals surface area contributed by atoms with Gasteiger partial charge in [-0.3, -0.25) is 0 Å². The molecule has 0 N–H and O–H groups in total. The van der Waals surface area contributed by atoms with E-state index in [1.165, 1.54) is 0 Å². The standard InChI is InChI=1S/C12H24O3/c1-10(2)15-11(3,4)7-8-14-12(5,6)9-13/h9-10H,7-8H2,1-6H3. The summed E-state index contributed by atoms with van der Waals surface area (Å²) in [4.78, 5) is 10.6. The average Bonchev–Trinajstić information content (AvgIpc) is 2.00. The zero-order valence-electron chi connectivity index (χ0n) is 10.8. The molecule has 0 aliphatic rings. The Morgan fingerprint density at radius 2 is 1.73 bits per heavy atom. The smallest absolute Gasteiger partial charge is 0.151 e. The van der Waals surface area contributed by atoms with Crippen LogP contribution in [0.2, 0.25) is 0 Å². The Balaban J connectivity index is 3.89. The zero-order chi connectivity index (χ0) is 12.1. The fraction of sp³-hybridized carbons (Fsp3) is 0.917. The zero-order valence-corrected chi connectivity index (χ0v) is 10.8. The third-order valence-corrected chi connectivity index (χ3v) is 2.02. The van der Waals surface area contributed by atoms with Crippen LogP contribution in [-0.2, 0) is 14.3 Å². The lowest BCUT2D eigenvalue weighted by Crippen LogP contribution is -2.33. The molecule has 15 heavy (non-hydrogen) atoms. The summed E-state index contributed by atoms with van der Waals surface area (Å²) in [6.07, 6.45) is 1.81. The Morgan fingerprint density at radius 3 is 2.13 bits per heavy atom. The summed E-state index contributed by atoms with van der Waals surface area (Å²) in [6, 6.07) is 0. The lowest BCUT2D eigenvalue weighted by molar-refractivity contribution is -0.131. The van der Waals surface area contributed by atoms with E-state index in [9.17, 15) is 4.79 Å². The van der Waals surface area contributed by atoms with Gasteiger partial charge in [0.1, 0.15) is 5.60 Å². The second-order valence-corrected chi connectivity index (χ2v) is 5.25. The van der Waals surface area contributed by atoms with Crippen LogP contribution in [0.1, 0.15) is 48.0 Å². The van der Waals surface area contributed by atoms with E-state index >= 15 is 0 Å². The molecule has 0 bridgehead atoms. The van der Waals surface area contributed by atoms with Crippen LogP contribution in [0.3, 0.4) is 0 Å². The molecule has 0 saturated heterocycles. The number of ether oxygens (including phenoxy) is 2. The molecule has 0 heterocycles. The molecule has 0 aromatic rings. The molecule has 0 atom stereocenters. The van der Waals surface area contributed by atoms with Gasteiger partial charge in [0.15, 0.2) is 6.29 Å². The van der Waals surface area contributed by atoms with Crippen LogP contribution in [-0.4, -0.2) is 30.2 Å². The van der Waals surface area contributed by atoms with Crippen molar-refractivity contribution < 1.29 is 14.3 Å². The number of hydrogen-bond donors (Lipinski definition) is 0. The highest BCUT2D eigenvalue weighted by atomic mass is 16.5. The molecule has 90 valence electrons. The molecule has 0 rings (SSSR count). The van der Waals surface area contributed by atoms with E-state index in [-0.39, 0.29) is 11.7 Å². The van der Waals surface area contributed by atoms with Gasteiger partial charge in [-0.2, -0.15) is 0 Å². The highest BCUT2D eigenvalue weighted by molar-refractivity contribution is 5.60. The van der Waals surface area contributed by atoms with Crippen molar-refractivity contribution in [1.29, 1.82) is 0 Å². The van der Waals surface area contributed by atoms with Crippen LogP contribution in [0.5, 0.6) is 0 Å². The van der Waals surface area contributed by atoms with Crippen molar-refractivity contribution in [2.24, 2.45) is 0 Å². The van der Waals surface area contributed by atoms with E-state index in [0.29, 0.717) is 6.61 Å². The normalized spacial score (nSPS) is 13.3. The van der Waals surface area contributed by atoms with Crippen molar-refractivity contribution in [2.45, 2.75) is 65.3 Å². The SMILES string of the molecule is CC(C)OC(C)(C)CCOC(C)(C)C=O. The van der Waals surface area contributed by atoms with E-state index in [1.807, 2.05) is 27.7 Å². The number of aldehydes is 1. The van der Waals surface area contributed by atoms with Crippen molar-refractivity contribution in [3.63, 3.8) is 0 Å². The molecule has 0 radical (unpaired) electrons. The summed E-state index contributed by atoms with van der Waals surface area (Å²) in [7, 11) is 0. The van der Waals surface area contributed by atoms with Crippen molar-refractivity contribution in [3.05, 3.63) is 0 Å². The molecule has 0 aliphatic heterocycles. The van der Waals surface area contributed by atoms with Gasteiger partial charge in [-0.05, 0) is 48.0 Å².